The third-order valence-corrected chi connectivity index (χ3v) is 2.16. The van der Waals surface area contributed by atoms with Gasteiger partial charge in [0.25, 0.3) is 5.92 Å². The highest BCUT2D eigenvalue weighted by Gasteiger charge is 2.77. The standard InChI is InChI=1S/C9H15F2NO2/c1-7(2,3)14-6(13)8(12-4)5-9(8,10)11/h12H,5H2,1-4H3. The highest BCUT2D eigenvalue weighted by atomic mass is 19.3. The molecule has 1 atom stereocenters. The van der Waals surface area contributed by atoms with E-state index in [1.165, 1.54) is 7.05 Å². The van der Waals surface area contributed by atoms with Gasteiger partial charge >= 0.3 is 5.97 Å². The Morgan fingerprint density at radius 3 is 2.07 bits per heavy atom. The van der Waals surface area contributed by atoms with Gasteiger partial charge in [-0.05, 0) is 27.8 Å². The van der Waals surface area contributed by atoms with E-state index in [9.17, 15) is 13.6 Å². The lowest BCUT2D eigenvalue weighted by Gasteiger charge is -2.23. The van der Waals surface area contributed by atoms with E-state index in [2.05, 4.69) is 5.32 Å². The van der Waals surface area contributed by atoms with E-state index in [1.54, 1.807) is 20.8 Å². The molecule has 82 valence electrons. The zero-order valence-electron chi connectivity index (χ0n) is 8.78. The average molecular weight is 207 g/mol. The summed E-state index contributed by atoms with van der Waals surface area (Å²) in [6.07, 6.45) is -0.481. The van der Waals surface area contributed by atoms with Gasteiger partial charge in [-0.3, -0.25) is 5.32 Å². The minimum absolute atomic E-state index is 0.481. The molecule has 0 amide bonds. The molecule has 0 saturated heterocycles. The maximum Gasteiger partial charge on any atom is 0.333 e. The van der Waals surface area contributed by atoms with Crippen molar-refractivity contribution in [2.75, 3.05) is 7.05 Å². The van der Waals surface area contributed by atoms with Gasteiger partial charge in [0.05, 0.1) is 0 Å². The molecule has 0 bridgehead atoms. The van der Waals surface area contributed by atoms with Crippen LogP contribution in [-0.2, 0) is 9.53 Å². The van der Waals surface area contributed by atoms with E-state index in [0.717, 1.165) is 0 Å². The number of likely N-dealkylation sites (N-methyl/N-ethyl adjacent to an activating group) is 1. The molecular formula is C9H15F2NO2. The van der Waals surface area contributed by atoms with Crippen molar-refractivity contribution in [1.29, 1.82) is 0 Å². The average Bonchev–Trinajstić information content (AvgIpc) is 2.51. The van der Waals surface area contributed by atoms with Gasteiger partial charge in [0.2, 0.25) is 0 Å². The van der Waals surface area contributed by atoms with Gasteiger partial charge in [-0.25, -0.2) is 13.6 Å². The van der Waals surface area contributed by atoms with Crippen LogP contribution in [0.25, 0.3) is 0 Å². The summed E-state index contributed by atoms with van der Waals surface area (Å²) in [5.41, 5.74) is -2.53. The number of carbonyl (C=O) groups excluding carboxylic acids is 1. The van der Waals surface area contributed by atoms with Crippen LogP contribution in [0.3, 0.4) is 0 Å². The van der Waals surface area contributed by atoms with E-state index >= 15 is 0 Å². The molecule has 1 aliphatic carbocycles. The van der Waals surface area contributed by atoms with Gasteiger partial charge < -0.3 is 4.74 Å². The van der Waals surface area contributed by atoms with E-state index in [1.807, 2.05) is 0 Å². The first-order chi connectivity index (χ1) is 6.15. The largest absolute Gasteiger partial charge is 0.458 e. The Morgan fingerprint density at radius 2 is 1.86 bits per heavy atom. The molecule has 1 aliphatic rings. The summed E-state index contributed by atoms with van der Waals surface area (Å²) in [4.78, 5) is 11.4. The van der Waals surface area contributed by atoms with Crippen LogP contribution >= 0.6 is 0 Å². The molecule has 0 aromatic carbocycles. The smallest absolute Gasteiger partial charge is 0.333 e. The zero-order chi connectivity index (χ0) is 11.2. The molecule has 1 N–H and O–H groups in total. The molecule has 1 rings (SSSR count). The minimum Gasteiger partial charge on any atom is -0.458 e. The van der Waals surface area contributed by atoms with Crippen molar-refractivity contribution < 1.29 is 18.3 Å². The molecule has 1 fully saturated rings. The Morgan fingerprint density at radius 1 is 1.43 bits per heavy atom. The summed E-state index contributed by atoms with van der Waals surface area (Å²) in [5, 5.41) is 2.34. The minimum atomic E-state index is -2.98. The Bertz CT molecular complexity index is 260. The number of nitrogens with one attached hydrogen (secondary N) is 1. The third-order valence-electron chi connectivity index (χ3n) is 2.16. The van der Waals surface area contributed by atoms with Crippen LogP contribution in [-0.4, -0.2) is 30.1 Å². The SMILES string of the molecule is CNC1(C(=O)OC(C)(C)C)CC1(F)F. The second kappa shape index (κ2) is 2.89. The molecule has 0 heterocycles. The number of alkyl halides is 2. The van der Waals surface area contributed by atoms with Gasteiger partial charge in [0.15, 0.2) is 5.54 Å². The molecule has 0 spiro atoms. The van der Waals surface area contributed by atoms with Gasteiger partial charge in [0.1, 0.15) is 5.60 Å². The Kier molecular flexibility index (Phi) is 2.34. The maximum absolute atomic E-state index is 12.9. The molecule has 1 saturated carbocycles. The molecule has 3 nitrogen and oxygen atoms in total. The summed E-state index contributed by atoms with van der Waals surface area (Å²) in [5.74, 6) is -3.86. The van der Waals surface area contributed by atoms with Crippen molar-refractivity contribution in [3.8, 4) is 0 Å². The second-order valence-electron chi connectivity index (χ2n) is 4.54. The van der Waals surface area contributed by atoms with E-state index in [0.29, 0.717) is 0 Å². The highest BCUT2D eigenvalue weighted by Crippen LogP contribution is 2.53. The van der Waals surface area contributed by atoms with E-state index in [-0.39, 0.29) is 0 Å². The zero-order valence-corrected chi connectivity index (χ0v) is 8.78. The molecule has 1 unspecified atom stereocenters. The number of ether oxygens (including phenoxy) is 1. The van der Waals surface area contributed by atoms with Crippen molar-refractivity contribution >= 4 is 5.97 Å². The second-order valence-corrected chi connectivity index (χ2v) is 4.54. The molecule has 0 aromatic heterocycles. The van der Waals surface area contributed by atoms with Crippen molar-refractivity contribution in [2.24, 2.45) is 0 Å². The fourth-order valence-electron chi connectivity index (χ4n) is 1.25. The first-order valence-corrected chi connectivity index (χ1v) is 4.45. The van der Waals surface area contributed by atoms with Gasteiger partial charge in [-0.15, -0.1) is 0 Å². The van der Waals surface area contributed by atoms with Gasteiger partial charge in [-0.2, -0.15) is 0 Å². The number of rotatable bonds is 2. The normalized spacial score (nSPS) is 29.9. The number of hydrogen-bond donors (Lipinski definition) is 1. The first kappa shape index (κ1) is 11.4. The Labute approximate surface area is 81.8 Å². The summed E-state index contributed by atoms with van der Waals surface area (Å²) in [7, 11) is 1.34. The van der Waals surface area contributed by atoms with Crippen LogP contribution in [0.5, 0.6) is 0 Å². The summed E-state index contributed by atoms with van der Waals surface area (Å²) < 4.78 is 30.7. The van der Waals surface area contributed by atoms with Crippen LogP contribution in [0.1, 0.15) is 27.2 Å². The molecule has 0 radical (unpaired) electrons. The maximum atomic E-state index is 12.9. The van der Waals surface area contributed by atoms with Crippen LogP contribution in [0.15, 0.2) is 0 Å². The summed E-state index contributed by atoms with van der Waals surface area (Å²) in [6.45, 7) is 4.94. The highest BCUT2D eigenvalue weighted by molar-refractivity contribution is 5.87. The third kappa shape index (κ3) is 1.73. The van der Waals surface area contributed by atoms with Gasteiger partial charge in [-0.1, -0.05) is 0 Å². The summed E-state index contributed by atoms with van der Waals surface area (Å²) >= 11 is 0. The van der Waals surface area contributed by atoms with E-state index < -0.39 is 29.5 Å². The van der Waals surface area contributed by atoms with Crippen LogP contribution in [0.2, 0.25) is 0 Å². The molecule has 0 aromatic rings. The van der Waals surface area contributed by atoms with Crippen LogP contribution in [0, 0.1) is 0 Å². The molecular weight excluding hydrogens is 192 g/mol. The fourth-order valence-corrected chi connectivity index (χ4v) is 1.25. The number of carbonyl (C=O) groups is 1. The number of halogens is 2. The number of hydrogen-bond acceptors (Lipinski definition) is 3. The summed E-state index contributed by atoms with van der Waals surface area (Å²) in [6, 6.07) is 0. The van der Waals surface area contributed by atoms with Crippen molar-refractivity contribution in [2.45, 2.75) is 44.3 Å². The number of esters is 1. The topological polar surface area (TPSA) is 38.3 Å². The first-order valence-electron chi connectivity index (χ1n) is 4.45. The van der Waals surface area contributed by atoms with Crippen molar-refractivity contribution in [1.82, 2.24) is 5.32 Å². The van der Waals surface area contributed by atoms with E-state index in [4.69, 9.17) is 4.74 Å². The Hall–Kier alpha value is -0.710. The molecule has 5 heteroatoms. The predicted molar refractivity (Wildman–Crippen MR) is 47.2 cm³/mol. The lowest BCUT2D eigenvalue weighted by molar-refractivity contribution is -0.161. The predicted octanol–water partition coefficient (Wildman–Crippen LogP) is 1.33. The quantitative estimate of drug-likeness (QED) is 0.694. The fraction of sp³-hybridized carbons (Fsp3) is 0.889. The molecule has 14 heavy (non-hydrogen) atoms. The monoisotopic (exact) mass is 207 g/mol. The lowest BCUT2D eigenvalue weighted by Crippen LogP contribution is -2.46. The molecule has 0 aliphatic heterocycles. The van der Waals surface area contributed by atoms with Gasteiger partial charge in [0, 0.05) is 6.42 Å². The lowest BCUT2D eigenvalue weighted by atomic mass is 10.2. The van der Waals surface area contributed by atoms with Crippen LogP contribution < -0.4 is 5.32 Å². The van der Waals surface area contributed by atoms with Crippen molar-refractivity contribution in [3.63, 3.8) is 0 Å². The van der Waals surface area contributed by atoms with Crippen LogP contribution in [0.4, 0.5) is 8.78 Å². The van der Waals surface area contributed by atoms with Crippen molar-refractivity contribution in [3.05, 3.63) is 0 Å². The Balaban J connectivity index is 2.71.